The molecule has 37 heavy (non-hydrogen) atoms. The molecule has 0 radical (unpaired) electrons. The summed E-state index contributed by atoms with van der Waals surface area (Å²) in [5, 5.41) is 14.2. The van der Waals surface area contributed by atoms with E-state index in [-0.39, 0.29) is 24.1 Å². The van der Waals surface area contributed by atoms with Crippen molar-refractivity contribution in [3.05, 3.63) is 64.8 Å². The summed E-state index contributed by atoms with van der Waals surface area (Å²) in [7, 11) is 0. The van der Waals surface area contributed by atoms with Crippen molar-refractivity contribution in [3.63, 3.8) is 0 Å². The topological polar surface area (TPSA) is 77.8 Å². The van der Waals surface area contributed by atoms with Gasteiger partial charge in [0.1, 0.15) is 5.41 Å². The highest BCUT2D eigenvalue weighted by Gasteiger charge is 2.59. The number of para-hydroxylation sites is 1. The Hall–Kier alpha value is -3.47. The van der Waals surface area contributed by atoms with Gasteiger partial charge in [-0.1, -0.05) is 29.8 Å². The van der Waals surface area contributed by atoms with Crippen LogP contribution in [0.5, 0.6) is 0 Å². The lowest BCUT2D eigenvalue weighted by atomic mass is 9.74. The minimum atomic E-state index is -0.726. The van der Waals surface area contributed by atoms with Gasteiger partial charge in [0, 0.05) is 59.4 Å². The lowest BCUT2D eigenvalue weighted by Crippen LogP contribution is -2.67. The Bertz CT molecular complexity index is 1430. The number of likely N-dealkylation sites (tertiary alicyclic amines) is 1. The van der Waals surface area contributed by atoms with Crippen LogP contribution < -0.4 is 10.2 Å². The highest BCUT2D eigenvalue weighted by Crippen LogP contribution is 2.48. The van der Waals surface area contributed by atoms with E-state index < -0.39 is 5.41 Å². The fraction of sp³-hybridized carbons (Fsp3) is 0.379. The molecule has 1 aromatic heterocycles. The molecule has 2 N–H and O–H groups in total. The molecule has 3 aliphatic rings. The van der Waals surface area contributed by atoms with E-state index in [1.807, 2.05) is 47.4 Å². The van der Waals surface area contributed by atoms with Crippen LogP contribution in [0.4, 0.5) is 10.5 Å². The van der Waals surface area contributed by atoms with Crippen molar-refractivity contribution in [2.45, 2.75) is 56.3 Å². The predicted molar refractivity (Wildman–Crippen MR) is 143 cm³/mol. The smallest absolute Gasteiger partial charge is 0.317 e. The summed E-state index contributed by atoms with van der Waals surface area (Å²) in [6.07, 6.45) is 7.85. The van der Waals surface area contributed by atoms with Gasteiger partial charge in [-0.05, 0) is 55.2 Å². The summed E-state index contributed by atoms with van der Waals surface area (Å²) >= 11 is 6.27. The third-order valence-corrected chi connectivity index (χ3v) is 8.22. The fourth-order valence-corrected chi connectivity index (χ4v) is 6.16. The zero-order chi connectivity index (χ0) is 25.7. The van der Waals surface area contributed by atoms with Crippen LogP contribution in [0.3, 0.4) is 0 Å². The normalized spacial score (nSPS) is 21.5. The molecular formula is C29H29ClN4O3. The number of urea groups is 1. The highest BCUT2D eigenvalue weighted by atomic mass is 35.5. The molecule has 1 spiro atoms. The number of aryl methyl sites for hydroxylation is 1. The number of carbonyl (C=O) groups is 2. The van der Waals surface area contributed by atoms with Gasteiger partial charge in [0.15, 0.2) is 0 Å². The van der Waals surface area contributed by atoms with Crippen LogP contribution in [-0.2, 0) is 23.3 Å². The van der Waals surface area contributed by atoms with Gasteiger partial charge in [0.05, 0.1) is 12.6 Å². The van der Waals surface area contributed by atoms with Crippen LogP contribution in [0.1, 0.15) is 36.9 Å². The third kappa shape index (κ3) is 3.96. The number of aliphatic hydroxyl groups is 1. The number of hydrogen-bond acceptors (Lipinski definition) is 3. The fourth-order valence-electron chi connectivity index (χ4n) is 5.97. The molecular weight excluding hydrogens is 488 g/mol. The zero-order valence-corrected chi connectivity index (χ0v) is 21.2. The Balaban J connectivity index is 1.27. The van der Waals surface area contributed by atoms with Gasteiger partial charge in [-0.2, -0.15) is 0 Å². The minimum Gasteiger partial charge on any atom is -0.393 e. The van der Waals surface area contributed by atoms with Crippen LogP contribution in [0.25, 0.3) is 10.9 Å². The maximum atomic E-state index is 14.0. The molecule has 3 aromatic rings. The van der Waals surface area contributed by atoms with Gasteiger partial charge in [-0.3, -0.25) is 4.79 Å². The SMILES string of the molecule is C#CCCCn1c(CN2C(=O)C3(CN(C(=O)NC4CC(O)C4)C3)c3ccccc32)cc2cc(Cl)ccc21. The molecule has 6 rings (SSSR count). The van der Waals surface area contributed by atoms with E-state index in [1.54, 1.807) is 4.90 Å². The van der Waals surface area contributed by atoms with Crippen LogP contribution >= 0.6 is 11.6 Å². The second-order valence-electron chi connectivity index (χ2n) is 10.4. The van der Waals surface area contributed by atoms with Gasteiger partial charge in [-0.25, -0.2) is 4.79 Å². The van der Waals surface area contributed by atoms with Crippen LogP contribution in [0.2, 0.25) is 5.02 Å². The van der Waals surface area contributed by atoms with Crippen molar-refractivity contribution in [2.24, 2.45) is 0 Å². The van der Waals surface area contributed by atoms with E-state index in [0.717, 1.165) is 40.8 Å². The average molecular weight is 517 g/mol. The van der Waals surface area contributed by atoms with Crippen molar-refractivity contribution < 1.29 is 14.7 Å². The number of terminal acetylenes is 1. The third-order valence-electron chi connectivity index (χ3n) is 7.99. The largest absolute Gasteiger partial charge is 0.393 e. The molecule has 3 heterocycles. The predicted octanol–water partition coefficient (Wildman–Crippen LogP) is 4.04. The number of carbonyl (C=O) groups excluding carboxylic acids is 2. The van der Waals surface area contributed by atoms with E-state index in [9.17, 15) is 14.7 Å². The lowest BCUT2D eigenvalue weighted by Gasteiger charge is -2.47. The minimum absolute atomic E-state index is 0.00649. The molecule has 8 heteroatoms. The number of halogens is 1. The zero-order valence-electron chi connectivity index (χ0n) is 20.5. The Morgan fingerprint density at radius 3 is 2.73 bits per heavy atom. The number of nitrogens with zero attached hydrogens (tertiary/aromatic N) is 3. The molecule has 1 aliphatic carbocycles. The monoisotopic (exact) mass is 516 g/mol. The summed E-state index contributed by atoms with van der Waals surface area (Å²) in [5.41, 5.74) is 3.23. The van der Waals surface area contributed by atoms with Gasteiger partial charge in [0.2, 0.25) is 5.91 Å². The number of nitrogens with one attached hydrogen (secondary N) is 1. The van der Waals surface area contributed by atoms with E-state index in [4.69, 9.17) is 18.0 Å². The molecule has 190 valence electrons. The maximum absolute atomic E-state index is 14.0. The van der Waals surface area contributed by atoms with Crippen molar-refractivity contribution in [3.8, 4) is 12.3 Å². The number of aromatic nitrogens is 1. The van der Waals surface area contributed by atoms with Gasteiger partial charge in [0.25, 0.3) is 0 Å². The molecule has 7 nitrogen and oxygen atoms in total. The Labute approximate surface area is 221 Å². The summed E-state index contributed by atoms with van der Waals surface area (Å²) < 4.78 is 2.23. The van der Waals surface area contributed by atoms with Crippen LogP contribution in [0.15, 0.2) is 48.5 Å². The molecule has 1 saturated carbocycles. The summed E-state index contributed by atoms with van der Waals surface area (Å²) in [6.45, 7) is 1.87. The summed E-state index contributed by atoms with van der Waals surface area (Å²) in [5.74, 6) is 2.74. The molecule has 1 saturated heterocycles. The Morgan fingerprint density at radius 2 is 1.97 bits per heavy atom. The Kier molecular flexibility index (Phi) is 5.89. The molecule has 0 unspecified atom stereocenters. The second-order valence-corrected chi connectivity index (χ2v) is 10.9. The molecule has 0 bridgehead atoms. The van der Waals surface area contributed by atoms with Crippen molar-refractivity contribution in [2.75, 3.05) is 18.0 Å². The van der Waals surface area contributed by atoms with E-state index in [2.05, 4.69) is 21.9 Å². The van der Waals surface area contributed by atoms with E-state index in [0.29, 0.717) is 43.9 Å². The molecule has 0 atom stereocenters. The van der Waals surface area contributed by atoms with Crippen LogP contribution in [0, 0.1) is 12.3 Å². The molecule has 2 fully saturated rings. The van der Waals surface area contributed by atoms with E-state index >= 15 is 0 Å². The number of anilines is 1. The van der Waals surface area contributed by atoms with E-state index in [1.165, 1.54) is 0 Å². The lowest BCUT2D eigenvalue weighted by molar-refractivity contribution is -0.128. The molecule has 2 aliphatic heterocycles. The number of aliphatic hydroxyl groups excluding tert-OH is 1. The van der Waals surface area contributed by atoms with Gasteiger partial charge in [-0.15, -0.1) is 12.3 Å². The number of benzene rings is 2. The second kappa shape index (κ2) is 9.13. The molecule has 3 amide bonds. The number of rotatable bonds is 6. The number of unbranched alkanes of at least 4 members (excludes halogenated alkanes) is 1. The highest BCUT2D eigenvalue weighted by molar-refractivity contribution is 6.31. The first-order chi connectivity index (χ1) is 17.9. The standard InChI is InChI=1S/C29H29ClN4O3/c1-2-3-6-11-33-22(13-19-12-20(30)9-10-25(19)33)16-34-26-8-5-4-7-24(26)29(27(34)36)17-32(18-29)28(37)31-21-14-23(35)15-21/h1,4-5,7-10,12-13,21,23,35H,3,6,11,14-18H2,(H,31,37). The summed E-state index contributed by atoms with van der Waals surface area (Å²) in [4.78, 5) is 30.3. The average Bonchev–Trinajstić information content (AvgIpc) is 3.29. The summed E-state index contributed by atoms with van der Waals surface area (Å²) in [6, 6.07) is 15.7. The van der Waals surface area contributed by atoms with Crippen molar-refractivity contribution >= 4 is 40.1 Å². The quantitative estimate of drug-likeness (QED) is 0.383. The van der Waals surface area contributed by atoms with Gasteiger partial charge >= 0.3 is 6.03 Å². The van der Waals surface area contributed by atoms with Crippen LogP contribution in [-0.4, -0.2) is 51.7 Å². The number of hydrogen-bond donors (Lipinski definition) is 2. The van der Waals surface area contributed by atoms with Crippen molar-refractivity contribution in [1.29, 1.82) is 0 Å². The maximum Gasteiger partial charge on any atom is 0.317 e. The van der Waals surface area contributed by atoms with Crippen molar-refractivity contribution in [1.82, 2.24) is 14.8 Å². The Morgan fingerprint density at radius 1 is 1.19 bits per heavy atom. The first kappa shape index (κ1) is 23.9. The molecule has 2 aromatic carbocycles. The number of fused-ring (bicyclic) bond motifs is 3. The first-order valence-corrected chi connectivity index (χ1v) is 13.1. The van der Waals surface area contributed by atoms with Gasteiger partial charge < -0.3 is 24.8 Å². The number of amides is 3. The first-order valence-electron chi connectivity index (χ1n) is 12.8.